The number of benzene rings is 2. The summed E-state index contributed by atoms with van der Waals surface area (Å²) in [5.41, 5.74) is 3.53. The monoisotopic (exact) mass is 291 g/mol. The van der Waals surface area contributed by atoms with Crippen LogP contribution in [0.2, 0.25) is 0 Å². The average molecular weight is 291 g/mol. The Bertz CT molecular complexity index is 1050. The van der Waals surface area contributed by atoms with Crippen LogP contribution in [0.25, 0.3) is 42.3 Å². The van der Waals surface area contributed by atoms with Crippen molar-refractivity contribution in [3.8, 4) is 11.3 Å². The molecule has 2 aliphatic heterocycles. The zero-order chi connectivity index (χ0) is 13.1. The maximum Gasteiger partial charge on any atom is 0.0886 e. The zero-order valence-electron chi connectivity index (χ0n) is 10.5. The molecule has 0 radical (unpaired) electrons. The summed E-state index contributed by atoms with van der Waals surface area (Å²) in [4.78, 5) is 4.88. The third-order valence-electron chi connectivity index (χ3n) is 3.83. The highest BCUT2D eigenvalue weighted by atomic mass is 32.2. The standard InChI is InChI=1S/C17H9NS2/c1-2-4-11-10(3-1)5-6-14-15(11)13-9-20-17-12(7-8-19-17)16(13)18-14/h1-9H. The Morgan fingerprint density at radius 3 is 2.80 bits per heavy atom. The number of hydrogen-bond acceptors (Lipinski definition) is 3. The minimum Gasteiger partial charge on any atom is -0.247 e. The Kier molecular flexibility index (Phi) is 2.04. The first-order valence-electron chi connectivity index (χ1n) is 6.48. The molecular weight excluding hydrogens is 282 g/mol. The van der Waals surface area contributed by atoms with Gasteiger partial charge >= 0.3 is 0 Å². The number of hydrogen-bond donors (Lipinski definition) is 0. The van der Waals surface area contributed by atoms with Gasteiger partial charge in [-0.05, 0) is 28.3 Å². The Morgan fingerprint density at radius 1 is 0.850 bits per heavy atom. The fourth-order valence-corrected chi connectivity index (χ4v) is 4.83. The Labute approximate surface area is 123 Å². The van der Waals surface area contributed by atoms with E-state index in [-0.39, 0.29) is 0 Å². The highest BCUT2D eigenvalue weighted by molar-refractivity contribution is 7.36. The fraction of sp³-hybridized carbons (Fsp3) is 0. The van der Waals surface area contributed by atoms with Crippen LogP contribution in [0.3, 0.4) is 0 Å². The molecule has 2 aliphatic rings. The SMILES string of the molecule is c1ccc2c(c1)ccc1nc3c4ccsc4scc-3c12. The maximum atomic E-state index is 4.88. The lowest BCUT2D eigenvalue weighted by Crippen LogP contribution is -1.76. The molecule has 0 fully saturated rings. The van der Waals surface area contributed by atoms with E-state index in [1.807, 2.05) is 11.3 Å². The molecule has 2 aromatic carbocycles. The van der Waals surface area contributed by atoms with Crippen molar-refractivity contribution in [1.29, 1.82) is 0 Å². The van der Waals surface area contributed by atoms with Gasteiger partial charge in [-0.2, -0.15) is 0 Å². The van der Waals surface area contributed by atoms with Gasteiger partial charge in [0.1, 0.15) is 0 Å². The van der Waals surface area contributed by atoms with E-state index in [0.717, 1.165) is 11.2 Å². The molecule has 0 saturated heterocycles. The second-order valence-corrected chi connectivity index (χ2v) is 6.97. The molecular formula is C17H9NS2. The molecule has 5 rings (SSSR count). The first-order valence-corrected chi connectivity index (χ1v) is 8.23. The van der Waals surface area contributed by atoms with Crippen molar-refractivity contribution in [3.05, 3.63) is 53.2 Å². The number of thiophene rings is 1. The molecule has 3 heterocycles. The van der Waals surface area contributed by atoms with Gasteiger partial charge in [0.25, 0.3) is 0 Å². The van der Waals surface area contributed by atoms with Crippen LogP contribution in [0.15, 0.2) is 53.2 Å². The molecule has 0 spiro atoms. The van der Waals surface area contributed by atoms with Gasteiger partial charge in [0, 0.05) is 21.7 Å². The molecule has 3 aromatic rings. The Balaban J connectivity index is 2.08. The third-order valence-corrected chi connectivity index (χ3v) is 5.90. The molecule has 0 amide bonds. The fourth-order valence-electron chi connectivity index (χ4n) is 2.93. The van der Waals surface area contributed by atoms with Crippen LogP contribution in [0, 0.1) is 0 Å². The normalized spacial score (nSPS) is 12.0. The zero-order valence-corrected chi connectivity index (χ0v) is 12.1. The van der Waals surface area contributed by atoms with Gasteiger partial charge in [0.15, 0.2) is 0 Å². The summed E-state index contributed by atoms with van der Waals surface area (Å²) in [6, 6.07) is 15.0. The molecule has 0 saturated carbocycles. The molecule has 0 bridgehead atoms. The molecule has 1 aromatic heterocycles. The lowest BCUT2D eigenvalue weighted by molar-refractivity contribution is 1.50. The van der Waals surface area contributed by atoms with Gasteiger partial charge < -0.3 is 0 Å². The Morgan fingerprint density at radius 2 is 1.80 bits per heavy atom. The van der Waals surface area contributed by atoms with E-state index in [1.54, 1.807) is 11.3 Å². The van der Waals surface area contributed by atoms with E-state index < -0.39 is 0 Å². The van der Waals surface area contributed by atoms with Gasteiger partial charge in [-0.3, -0.25) is 0 Å². The van der Waals surface area contributed by atoms with Crippen LogP contribution >= 0.6 is 22.7 Å². The van der Waals surface area contributed by atoms with Crippen molar-refractivity contribution in [1.82, 2.24) is 4.98 Å². The summed E-state index contributed by atoms with van der Waals surface area (Å²) in [5, 5.41) is 9.58. The van der Waals surface area contributed by atoms with Gasteiger partial charge in [0.2, 0.25) is 0 Å². The van der Waals surface area contributed by atoms with Crippen LogP contribution in [-0.4, -0.2) is 4.98 Å². The molecule has 0 unspecified atom stereocenters. The van der Waals surface area contributed by atoms with E-state index in [1.165, 1.54) is 31.1 Å². The van der Waals surface area contributed by atoms with Gasteiger partial charge in [-0.1, -0.05) is 30.3 Å². The van der Waals surface area contributed by atoms with E-state index in [0.29, 0.717) is 0 Å². The first kappa shape index (κ1) is 10.8. The average Bonchev–Trinajstić information content (AvgIpc) is 3.10. The van der Waals surface area contributed by atoms with E-state index in [4.69, 9.17) is 4.98 Å². The largest absolute Gasteiger partial charge is 0.247 e. The minimum absolute atomic E-state index is 1.10. The van der Waals surface area contributed by atoms with Crippen molar-refractivity contribution >= 4 is 53.7 Å². The maximum absolute atomic E-state index is 4.88. The predicted octanol–water partition coefficient (Wildman–Crippen LogP) is 5.77. The summed E-state index contributed by atoms with van der Waals surface area (Å²) in [6.45, 7) is 0. The molecule has 3 heteroatoms. The molecule has 94 valence electrons. The molecule has 20 heavy (non-hydrogen) atoms. The smallest absolute Gasteiger partial charge is 0.0886 e. The number of nitrogens with zero attached hydrogens (tertiary/aromatic N) is 1. The second kappa shape index (κ2) is 3.78. The van der Waals surface area contributed by atoms with Crippen molar-refractivity contribution in [3.63, 3.8) is 0 Å². The van der Waals surface area contributed by atoms with Crippen LogP contribution in [0.5, 0.6) is 0 Å². The van der Waals surface area contributed by atoms with Gasteiger partial charge in [0.05, 0.1) is 15.2 Å². The van der Waals surface area contributed by atoms with Crippen LogP contribution in [0.4, 0.5) is 0 Å². The molecule has 0 aliphatic carbocycles. The molecule has 0 N–H and O–H groups in total. The number of rotatable bonds is 0. The summed E-state index contributed by atoms with van der Waals surface area (Å²) in [5.74, 6) is 0. The van der Waals surface area contributed by atoms with Crippen molar-refractivity contribution in [2.24, 2.45) is 0 Å². The first-order chi connectivity index (χ1) is 9.92. The highest BCUT2D eigenvalue weighted by Crippen LogP contribution is 2.42. The Hall–Kier alpha value is -1.97. The van der Waals surface area contributed by atoms with E-state index >= 15 is 0 Å². The predicted molar refractivity (Wildman–Crippen MR) is 89.1 cm³/mol. The highest BCUT2D eigenvalue weighted by Gasteiger charge is 2.17. The number of fused-ring (bicyclic) bond motifs is 7. The summed E-state index contributed by atoms with van der Waals surface area (Å²) in [7, 11) is 0. The summed E-state index contributed by atoms with van der Waals surface area (Å²) < 4.78 is 1.35. The van der Waals surface area contributed by atoms with Crippen molar-refractivity contribution in [2.45, 2.75) is 0 Å². The molecule has 1 nitrogen and oxygen atoms in total. The van der Waals surface area contributed by atoms with E-state index in [9.17, 15) is 0 Å². The van der Waals surface area contributed by atoms with Crippen LogP contribution in [0.1, 0.15) is 0 Å². The molecule has 0 atom stereocenters. The van der Waals surface area contributed by atoms with Crippen molar-refractivity contribution in [2.75, 3.05) is 0 Å². The lowest BCUT2D eigenvalue weighted by atomic mass is 10.0. The summed E-state index contributed by atoms with van der Waals surface area (Å²) >= 11 is 3.61. The van der Waals surface area contributed by atoms with Gasteiger partial charge in [-0.25, -0.2) is 4.98 Å². The summed E-state index contributed by atoms with van der Waals surface area (Å²) in [6.07, 6.45) is 0. The van der Waals surface area contributed by atoms with E-state index in [2.05, 4.69) is 53.2 Å². The lowest BCUT2D eigenvalue weighted by Gasteiger charge is -2.01. The topological polar surface area (TPSA) is 12.9 Å². The minimum atomic E-state index is 1.10. The van der Waals surface area contributed by atoms with Gasteiger partial charge in [-0.15, -0.1) is 22.7 Å². The second-order valence-electron chi connectivity index (χ2n) is 4.91. The number of aromatic nitrogens is 1. The third kappa shape index (κ3) is 1.29. The van der Waals surface area contributed by atoms with Crippen LogP contribution in [-0.2, 0) is 0 Å². The quantitative estimate of drug-likeness (QED) is 0.353. The van der Waals surface area contributed by atoms with Crippen LogP contribution < -0.4 is 0 Å². The van der Waals surface area contributed by atoms with Crippen molar-refractivity contribution < 1.29 is 0 Å².